The van der Waals surface area contributed by atoms with Crippen LogP contribution in [0.4, 0.5) is 0 Å². The smallest absolute Gasteiger partial charge is 0.341 e. The largest absolute Gasteiger partial charge is 0.506 e. The van der Waals surface area contributed by atoms with Crippen LogP contribution in [0.25, 0.3) is 0 Å². The van der Waals surface area contributed by atoms with Crippen molar-refractivity contribution in [2.45, 2.75) is 6.92 Å². The van der Waals surface area contributed by atoms with Gasteiger partial charge in [-0.1, -0.05) is 11.6 Å². The first-order valence-corrected chi connectivity index (χ1v) is 4.04. The van der Waals surface area contributed by atoms with Crippen molar-refractivity contribution in [2.24, 2.45) is 0 Å². The van der Waals surface area contributed by atoms with Gasteiger partial charge in [0.2, 0.25) is 0 Å². The maximum Gasteiger partial charge on any atom is 0.341 e. The summed E-state index contributed by atoms with van der Waals surface area (Å²) in [5.41, 5.74) is 0.0727. The van der Waals surface area contributed by atoms with E-state index in [0.717, 1.165) is 6.20 Å². The number of carbonyl (C=O) groups excluding carboxylic acids is 1. The molecule has 0 spiro atoms. The van der Waals surface area contributed by atoms with E-state index in [-0.39, 0.29) is 23.1 Å². The lowest BCUT2D eigenvalue weighted by Crippen LogP contribution is -2.05. The highest BCUT2D eigenvalue weighted by molar-refractivity contribution is 6.32. The summed E-state index contributed by atoms with van der Waals surface area (Å²) in [7, 11) is 0. The third-order valence-electron chi connectivity index (χ3n) is 1.32. The van der Waals surface area contributed by atoms with Crippen LogP contribution in [0.3, 0.4) is 0 Å². The van der Waals surface area contributed by atoms with Gasteiger partial charge in [-0.05, 0) is 13.0 Å². The molecule has 0 radical (unpaired) electrons. The monoisotopic (exact) mass is 201 g/mol. The van der Waals surface area contributed by atoms with Crippen molar-refractivity contribution in [3.05, 3.63) is 23.0 Å². The molecule has 1 heterocycles. The van der Waals surface area contributed by atoms with Gasteiger partial charge in [-0.3, -0.25) is 0 Å². The van der Waals surface area contributed by atoms with Gasteiger partial charge in [-0.2, -0.15) is 0 Å². The molecule has 0 saturated carbocycles. The number of carbonyl (C=O) groups is 1. The zero-order valence-corrected chi connectivity index (χ0v) is 7.71. The van der Waals surface area contributed by atoms with Crippen molar-refractivity contribution in [3.63, 3.8) is 0 Å². The minimum Gasteiger partial charge on any atom is -0.506 e. The lowest BCUT2D eigenvalue weighted by Gasteiger charge is -2.02. The number of pyridine rings is 1. The fourth-order valence-electron chi connectivity index (χ4n) is 0.789. The molecule has 0 unspecified atom stereocenters. The van der Waals surface area contributed by atoms with Gasteiger partial charge in [-0.25, -0.2) is 9.78 Å². The molecule has 1 rings (SSSR count). The number of nitrogens with zero attached hydrogens (tertiary/aromatic N) is 1. The van der Waals surface area contributed by atoms with Gasteiger partial charge in [0.25, 0.3) is 0 Å². The average molecular weight is 202 g/mol. The van der Waals surface area contributed by atoms with Crippen LogP contribution in [0.15, 0.2) is 12.3 Å². The van der Waals surface area contributed by atoms with Crippen LogP contribution in [0.5, 0.6) is 5.75 Å². The third-order valence-corrected chi connectivity index (χ3v) is 1.62. The van der Waals surface area contributed by atoms with E-state index in [9.17, 15) is 4.79 Å². The summed E-state index contributed by atoms with van der Waals surface area (Å²) < 4.78 is 4.69. The first-order chi connectivity index (χ1) is 6.15. The SMILES string of the molecule is CCOC(=O)c1cc(O)cnc1Cl. The van der Waals surface area contributed by atoms with Crippen molar-refractivity contribution in [2.75, 3.05) is 6.61 Å². The number of aromatic hydroxyl groups is 1. The van der Waals surface area contributed by atoms with E-state index >= 15 is 0 Å². The van der Waals surface area contributed by atoms with Gasteiger partial charge in [0, 0.05) is 0 Å². The highest BCUT2D eigenvalue weighted by atomic mass is 35.5. The Hall–Kier alpha value is -1.29. The fourth-order valence-corrected chi connectivity index (χ4v) is 0.970. The fraction of sp³-hybridized carbons (Fsp3) is 0.250. The summed E-state index contributed by atoms with van der Waals surface area (Å²) >= 11 is 5.60. The van der Waals surface area contributed by atoms with Crippen LogP contribution in [-0.4, -0.2) is 22.7 Å². The number of esters is 1. The predicted octanol–water partition coefficient (Wildman–Crippen LogP) is 1.62. The molecule has 0 fully saturated rings. The molecule has 1 N–H and O–H groups in total. The van der Waals surface area contributed by atoms with Crippen LogP contribution in [0.1, 0.15) is 17.3 Å². The molecular formula is C8H8ClNO3. The normalized spacial score (nSPS) is 9.69. The molecule has 13 heavy (non-hydrogen) atoms. The van der Waals surface area contributed by atoms with Crippen LogP contribution in [0, 0.1) is 0 Å². The van der Waals surface area contributed by atoms with Crippen LogP contribution < -0.4 is 0 Å². The van der Waals surface area contributed by atoms with Crippen LogP contribution in [0.2, 0.25) is 5.15 Å². The van der Waals surface area contributed by atoms with Gasteiger partial charge in [0.1, 0.15) is 16.5 Å². The van der Waals surface area contributed by atoms with Crippen LogP contribution >= 0.6 is 11.6 Å². The summed E-state index contributed by atoms with van der Waals surface area (Å²) in [6, 6.07) is 1.22. The van der Waals surface area contributed by atoms with Crippen molar-refractivity contribution in [1.82, 2.24) is 4.98 Å². The van der Waals surface area contributed by atoms with Gasteiger partial charge in [-0.15, -0.1) is 0 Å². The Morgan fingerprint density at radius 3 is 3.08 bits per heavy atom. The van der Waals surface area contributed by atoms with Crippen molar-refractivity contribution in [3.8, 4) is 5.75 Å². The Morgan fingerprint density at radius 2 is 2.46 bits per heavy atom. The van der Waals surface area contributed by atoms with Crippen LogP contribution in [-0.2, 0) is 4.74 Å². The van der Waals surface area contributed by atoms with Crippen molar-refractivity contribution < 1.29 is 14.6 Å². The van der Waals surface area contributed by atoms with E-state index < -0.39 is 5.97 Å². The molecule has 1 aromatic heterocycles. The number of ether oxygens (including phenoxy) is 1. The summed E-state index contributed by atoms with van der Waals surface area (Å²) in [6.45, 7) is 1.94. The Labute approximate surface area is 80.1 Å². The second-order valence-corrected chi connectivity index (χ2v) is 2.61. The summed E-state index contributed by atoms with van der Waals surface area (Å²) in [4.78, 5) is 14.8. The number of rotatable bonds is 2. The zero-order valence-electron chi connectivity index (χ0n) is 6.95. The van der Waals surface area contributed by atoms with Gasteiger partial charge in [0.15, 0.2) is 0 Å². The van der Waals surface area contributed by atoms with Gasteiger partial charge in [0.05, 0.1) is 12.8 Å². The molecule has 1 aromatic rings. The molecule has 0 saturated heterocycles. The number of halogens is 1. The quantitative estimate of drug-likeness (QED) is 0.584. The first kappa shape index (κ1) is 9.80. The molecule has 4 nitrogen and oxygen atoms in total. The molecule has 0 atom stereocenters. The van der Waals surface area contributed by atoms with E-state index in [4.69, 9.17) is 16.7 Å². The lowest BCUT2D eigenvalue weighted by molar-refractivity contribution is 0.0525. The molecule has 0 bridgehead atoms. The highest BCUT2D eigenvalue weighted by Gasteiger charge is 2.12. The Kier molecular flexibility index (Phi) is 3.08. The molecule has 5 heteroatoms. The number of aromatic nitrogens is 1. The maximum absolute atomic E-state index is 11.2. The van der Waals surface area contributed by atoms with E-state index in [0.29, 0.717) is 0 Å². The Balaban J connectivity index is 2.99. The molecule has 0 amide bonds. The summed E-state index contributed by atoms with van der Waals surface area (Å²) in [5, 5.41) is 9.05. The van der Waals surface area contributed by atoms with E-state index in [1.807, 2.05) is 0 Å². The zero-order chi connectivity index (χ0) is 9.84. The molecular weight excluding hydrogens is 194 g/mol. The van der Waals surface area contributed by atoms with Gasteiger partial charge >= 0.3 is 5.97 Å². The lowest BCUT2D eigenvalue weighted by atomic mass is 10.3. The number of hydrogen-bond acceptors (Lipinski definition) is 4. The maximum atomic E-state index is 11.2. The molecule has 0 aliphatic heterocycles. The highest BCUT2D eigenvalue weighted by Crippen LogP contribution is 2.18. The molecule has 0 aliphatic rings. The van der Waals surface area contributed by atoms with Crippen molar-refractivity contribution >= 4 is 17.6 Å². The number of hydrogen-bond donors (Lipinski definition) is 1. The summed E-state index contributed by atoms with van der Waals surface area (Å²) in [5.74, 6) is -0.705. The molecule has 0 aromatic carbocycles. The Bertz CT molecular complexity index is 327. The minimum atomic E-state index is -0.587. The van der Waals surface area contributed by atoms with Crippen molar-refractivity contribution in [1.29, 1.82) is 0 Å². The Morgan fingerprint density at radius 1 is 1.77 bits per heavy atom. The predicted molar refractivity (Wildman–Crippen MR) is 46.9 cm³/mol. The topological polar surface area (TPSA) is 59.4 Å². The average Bonchev–Trinajstić information content (AvgIpc) is 2.09. The molecule has 70 valence electrons. The van der Waals surface area contributed by atoms with Gasteiger partial charge < -0.3 is 9.84 Å². The second kappa shape index (κ2) is 4.09. The third kappa shape index (κ3) is 2.32. The molecule has 0 aliphatic carbocycles. The van der Waals surface area contributed by atoms with E-state index in [2.05, 4.69) is 9.72 Å². The van der Waals surface area contributed by atoms with E-state index in [1.165, 1.54) is 6.07 Å². The first-order valence-electron chi connectivity index (χ1n) is 3.66. The summed E-state index contributed by atoms with van der Waals surface area (Å²) in [6.07, 6.45) is 1.16. The standard InChI is InChI=1S/C8H8ClNO3/c1-2-13-8(12)6-3-5(11)4-10-7(6)9/h3-4,11H,2H2,1H3. The minimum absolute atomic E-state index is 0.0243. The van der Waals surface area contributed by atoms with E-state index in [1.54, 1.807) is 6.92 Å². The second-order valence-electron chi connectivity index (χ2n) is 2.25.